The second kappa shape index (κ2) is 5.68. The van der Waals surface area contributed by atoms with E-state index in [-0.39, 0.29) is 17.6 Å². The van der Waals surface area contributed by atoms with Gasteiger partial charge in [0.1, 0.15) is 0 Å². The van der Waals surface area contributed by atoms with E-state index in [0.717, 1.165) is 0 Å². The predicted molar refractivity (Wildman–Crippen MR) is 73.0 cm³/mol. The highest BCUT2D eigenvalue weighted by Gasteiger charge is 2.33. The average Bonchev–Trinajstić information content (AvgIpc) is 2.15. The first-order valence-corrected chi connectivity index (χ1v) is 6.30. The van der Waals surface area contributed by atoms with Crippen LogP contribution in [0.5, 0.6) is 0 Å². The number of hydrogen-bond acceptors (Lipinski definition) is 5. The van der Waals surface area contributed by atoms with Crippen LogP contribution in [0.2, 0.25) is 0 Å². The highest BCUT2D eigenvalue weighted by Crippen LogP contribution is 2.40. The Bertz CT molecular complexity index is 442. The van der Waals surface area contributed by atoms with E-state index < -0.39 is 7.59 Å². The summed E-state index contributed by atoms with van der Waals surface area (Å²) >= 11 is 38.1. The topological polar surface area (TPSA) is 51.0 Å². The van der Waals surface area contributed by atoms with Crippen molar-refractivity contribution in [2.24, 2.45) is 4.99 Å². The Kier molecular flexibility index (Phi) is 5.21. The zero-order valence-corrected chi connectivity index (χ0v) is 12.8. The van der Waals surface area contributed by atoms with Gasteiger partial charge in [-0.05, 0) is 12.2 Å². The third-order valence-electron chi connectivity index (χ3n) is 1.28. The van der Waals surface area contributed by atoms with Gasteiger partial charge in [-0.2, -0.15) is 15.0 Å². The summed E-state index contributed by atoms with van der Waals surface area (Å²) in [6, 6.07) is 0. The standard InChI is InChI=1S/C6Cl6N4S/c7-5(8,9)2-14-3(6(10,11)12)16-4(15-2)13-1-17. The van der Waals surface area contributed by atoms with Crippen molar-refractivity contribution >= 4 is 92.9 Å². The van der Waals surface area contributed by atoms with Gasteiger partial charge in [-0.25, -0.2) is 4.98 Å². The molecule has 0 saturated heterocycles. The maximum Gasteiger partial charge on any atom is 0.262 e. The Labute approximate surface area is 131 Å². The van der Waals surface area contributed by atoms with Crippen LogP contribution in [0.15, 0.2) is 4.99 Å². The molecular weight excluding hydrogens is 373 g/mol. The summed E-state index contributed by atoms with van der Waals surface area (Å²) in [5.74, 6) is -0.636. The quantitative estimate of drug-likeness (QED) is 0.420. The Morgan fingerprint density at radius 1 is 0.882 bits per heavy atom. The lowest BCUT2D eigenvalue weighted by atomic mass is 10.6. The largest absolute Gasteiger partial charge is 0.262 e. The van der Waals surface area contributed by atoms with Gasteiger partial charge in [0.05, 0.1) is 5.16 Å². The number of hydrogen-bond donors (Lipinski definition) is 0. The van der Waals surface area contributed by atoms with Gasteiger partial charge in [0.2, 0.25) is 7.59 Å². The molecule has 0 fully saturated rings. The molecule has 1 aromatic heterocycles. The molecule has 0 unspecified atom stereocenters. The highest BCUT2D eigenvalue weighted by atomic mass is 35.6. The molecule has 1 rings (SSSR count). The highest BCUT2D eigenvalue weighted by molar-refractivity contribution is 7.78. The monoisotopic (exact) mass is 370 g/mol. The van der Waals surface area contributed by atoms with Gasteiger partial charge < -0.3 is 0 Å². The molecule has 0 aliphatic heterocycles. The van der Waals surface area contributed by atoms with Crippen molar-refractivity contribution in [2.75, 3.05) is 0 Å². The SMILES string of the molecule is S=C=Nc1nc(C(Cl)(Cl)Cl)nc(C(Cl)(Cl)Cl)n1. The lowest BCUT2D eigenvalue weighted by molar-refractivity contribution is 0.846. The summed E-state index contributed by atoms with van der Waals surface area (Å²) in [5, 5.41) is 2.04. The molecular formula is C6Cl6N4S. The van der Waals surface area contributed by atoms with Crippen LogP contribution in [0, 0.1) is 0 Å². The van der Waals surface area contributed by atoms with Crippen molar-refractivity contribution in [2.45, 2.75) is 7.59 Å². The normalized spacial score (nSPS) is 12.1. The third-order valence-corrected chi connectivity index (χ3v) is 2.38. The molecule has 92 valence electrons. The van der Waals surface area contributed by atoms with Crippen LogP contribution in [0.3, 0.4) is 0 Å². The molecule has 0 radical (unpaired) electrons. The van der Waals surface area contributed by atoms with Gasteiger partial charge in [0.25, 0.3) is 5.95 Å². The minimum absolute atomic E-state index is 0.169. The first kappa shape index (κ1) is 15.6. The Morgan fingerprint density at radius 2 is 1.29 bits per heavy atom. The van der Waals surface area contributed by atoms with Gasteiger partial charge in [-0.3, -0.25) is 0 Å². The van der Waals surface area contributed by atoms with Gasteiger partial charge in [0, 0.05) is 0 Å². The van der Waals surface area contributed by atoms with Crippen LogP contribution in [0.25, 0.3) is 0 Å². The first-order valence-electron chi connectivity index (χ1n) is 3.63. The van der Waals surface area contributed by atoms with E-state index in [0.29, 0.717) is 0 Å². The van der Waals surface area contributed by atoms with Crippen molar-refractivity contribution in [1.82, 2.24) is 15.0 Å². The van der Waals surface area contributed by atoms with Gasteiger partial charge in [-0.1, -0.05) is 69.6 Å². The van der Waals surface area contributed by atoms with Crippen LogP contribution < -0.4 is 0 Å². The van der Waals surface area contributed by atoms with E-state index >= 15 is 0 Å². The second-order valence-corrected chi connectivity index (χ2v) is 7.23. The molecule has 0 spiro atoms. The predicted octanol–water partition coefficient (Wildman–Crippen LogP) is 4.26. The minimum Gasteiger partial charge on any atom is -0.208 e. The van der Waals surface area contributed by atoms with Crippen molar-refractivity contribution in [3.8, 4) is 0 Å². The van der Waals surface area contributed by atoms with E-state index in [4.69, 9.17) is 69.6 Å². The molecule has 1 aromatic rings. The van der Waals surface area contributed by atoms with Crippen LogP contribution in [0.1, 0.15) is 11.6 Å². The van der Waals surface area contributed by atoms with E-state index in [1.165, 1.54) is 0 Å². The average molecular weight is 373 g/mol. The van der Waals surface area contributed by atoms with Crippen LogP contribution in [-0.4, -0.2) is 20.1 Å². The molecule has 11 heteroatoms. The Hall–Kier alpha value is 0.550. The first-order chi connectivity index (χ1) is 7.64. The fourth-order valence-electron chi connectivity index (χ4n) is 0.709. The lowest BCUT2D eigenvalue weighted by Gasteiger charge is -2.13. The maximum absolute atomic E-state index is 5.61. The van der Waals surface area contributed by atoms with E-state index in [1.807, 2.05) is 5.16 Å². The zero-order chi connectivity index (χ0) is 13.3. The molecule has 0 amide bonds. The van der Waals surface area contributed by atoms with Gasteiger partial charge in [0.15, 0.2) is 11.6 Å². The number of aliphatic imine (C=N–C) groups is 1. The minimum atomic E-state index is -1.90. The number of halogens is 6. The summed E-state index contributed by atoms with van der Waals surface area (Å²) in [5.41, 5.74) is 0. The molecule has 1 heterocycles. The van der Waals surface area contributed by atoms with Crippen molar-refractivity contribution in [3.63, 3.8) is 0 Å². The summed E-state index contributed by atoms with van der Waals surface area (Å²) in [4.78, 5) is 14.7. The Balaban J connectivity index is 3.44. The van der Waals surface area contributed by atoms with Crippen molar-refractivity contribution in [1.29, 1.82) is 0 Å². The fourth-order valence-corrected chi connectivity index (χ4v) is 1.30. The van der Waals surface area contributed by atoms with E-state index in [2.05, 4.69) is 32.2 Å². The third kappa shape index (κ3) is 4.62. The van der Waals surface area contributed by atoms with Crippen LogP contribution in [-0.2, 0) is 7.59 Å². The summed E-state index contributed by atoms with van der Waals surface area (Å²) in [7, 11) is 0. The van der Waals surface area contributed by atoms with Crippen molar-refractivity contribution < 1.29 is 0 Å². The Morgan fingerprint density at radius 3 is 1.59 bits per heavy atom. The van der Waals surface area contributed by atoms with Crippen LogP contribution >= 0.6 is 81.8 Å². The number of alkyl halides is 6. The summed E-state index contributed by atoms with van der Waals surface area (Å²) < 4.78 is -3.81. The molecule has 0 atom stereocenters. The molecule has 0 bridgehead atoms. The molecule has 0 aliphatic carbocycles. The molecule has 17 heavy (non-hydrogen) atoms. The van der Waals surface area contributed by atoms with Gasteiger partial charge in [-0.15, -0.1) is 0 Å². The number of isothiocyanates is 1. The number of rotatable bonds is 1. The van der Waals surface area contributed by atoms with Crippen LogP contribution in [0.4, 0.5) is 5.95 Å². The number of nitrogens with zero attached hydrogens (tertiary/aromatic N) is 4. The fraction of sp³-hybridized carbons (Fsp3) is 0.333. The smallest absolute Gasteiger partial charge is 0.208 e. The zero-order valence-electron chi connectivity index (χ0n) is 7.46. The number of aromatic nitrogens is 3. The molecule has 0 aromatic carbocycles. The molecule has 0 aliphatic rings. The number of thiocarbonyl (C=S) groups is 1. The maximum atomic E-state index is 5.61. The van der Waals surface area contributed by atoms with Crippen molar-refractivity contribution in [3.05, 3.63) is 11.6 Å². The molecule has 0 N–H and O–H groups in total. The van der Waals surface area contributed by atoms with Gasteiger partial charge >= 0.3 is 0 Å². The van der Waals surface area contributed by atoms with E-state index in [9.17, 15) is 0 Å². The molecule has 4 nitrogen and oxygen atoms in total. The lowest BCUT2D eigenvalue weighted by Crippen LogP contribution is -2.15. The summed E-state index contributed by atoms with van der Waals surface area (Å²) in [6.07, 6.45) is 0. The van der Waals surface area contributed by atoms with E-state index in [1.54, 1.807) is 0 Å². The second-order valence-electron chi connectivity index (χ2n) is 2.48. The summed E-state index contributed by atoms with van der Waals surface area (Å²) in [6.45, 7) is 0. The molecule has 0 saturated carbocycles.